The summed E-state index contributed by atoms with van der Waals surface area (Å²) in [5, 5.41) is 8.95. The summed E-state index contributed by atoms with van der Waals surface area (Å²) < 4.78 is 0. The predicted octanol–water partition coefficient (Wildman–Crippen LogP) is 1.78. The van der Waals surface area contributed by atoms with Crippen LogP contribution in [-0.4, -0.2) is 17.6 Å². The number of hydrogen-bond acceptors (Lipinski definition) is 2. The van der Waals surface area contributed by atoms with Gasteiger partial charge in [-0.25, -0.2) is 0 Å². The molecule has 3 heteroatoms. The van der Waals surface area contributed by atoms with Crippen LogP contribution in [0.25, 0.3) is 0 Å². The number of carboxylic acids is 1. The van der Waals surface area contributed by atoms with Gasteiger partial charge in [0.15, 0.2) is 0 Å². The van der Waals surface area contributed by atoms with Crippen LogP contribution in [-0.2, 0) is 4.79 Å². The molecule has 0 aromatic rings. The highest BCUT2D eigenvalue weighted by Gasteiger charge is 2.56. The highest BCUT2D eigenvalue weighted by atomic mass is 16.4. The largest absolute Gasteiger partial charge is 0.481 e. The summed E-state index contributed by atoms with van der Waals surface area (Å²) in [5.41, 5.74) is 8.50. The first kappa shape index (κ1) is 10.7. The molecule has 0 aromatic carbocycles. The van der Waals surface area contributed by atoms with Gasteiger partial charge in [-0.2, -0.15) is 0 Å². The van der Waals surface area contributed by atoms with Gasteiger partial charge in [-0.05, 0) is 45.1 Å². The minimum atomic E-state index is -0.712. The standard InChI is InChI=1S/C12H19NO2/c1-7-3-9-4-12(6-13,5-10(14)15)11(9)8(7)2/h9,11H,3-6,13H2,1-2H3,(H,14,15)/t9-,11-,12-/m0/s1. The van der Waals surface area contributed by atoms with Crippen molar-refractivity contribution in [1.82, 2.24) is 0 Å². The first-order chi connectivity index (χ1) is 7.00. The third-order valence-electron chi connectivity index (χ3n) is 4.42. The topological polar surface area (TPSA) is 63.3 Å². The molecule has 0 bridgehead atoms. The first-order valence-electron chi connectivity index (χ1n) is 5.58. The minimum absolute atomic E-state index is 0.141. The fourth-order valence-corrected chi connectivity index (χ4v) is 3.69. The number of carboxylic acid groups (broad SMARTS) is 1. The molecule has 84 valence electrons. The van der Waals surface area contributed by atoms with Crippen molar-refractivity contribution >= 4 is 5.97 Å². The van der Waals surface area contributed by atoms with E-state index in [2.05, 4.69) is 13.8 Å². The summed E-state index contributed by atoms with van der Waals surface area (Å²) in [7, 11) is 0. The van der Waals surface area contributed by atoms with Crippen molar-refractivity contribution in [2.24, 2.45) is 23.0 Å². The molecule has 3 nitrogen and oxygen atoms in total. The SMILES string of the molecule is CC1=C(C)[C@H]2[C@@H](C1)C[C@@]2(CN)CC(=O)O. The molecule has 2 aliphatic rings. The Kier molecular flexibility index (Phi) is 2.38. The van der Waals surface area contributed by atoms with Gasteiger partial charge in [0, 0.05) is 5.41 Å². The second-order valence-electron chi connectivity index (χ2n) is 5.25. The second-order valence-corrected chi connectivity index (χ2v) is 5.25. The van der Waals surface area contributed by atoms with Crippen LogP contribution in [0.4, 0.5) is 0 Å². The Balaban J connectivity index is 2.21. The van der Waals surface area contributed by atoms with E-state index in [-0.39, 0.29) is 11.8 Å². The number of allylic oxidation sites excluding steroid dienone is 2. The van der Waals surface area contributed by atoms with Gasteiger partial charge in [0.2, 0.25) is 0 Å². The van der Waals surface area contributed by atoms with Crippen LogP contribution in [0.15, 0.2) is 11.1 Å². The van der Waals surface area contributed by atoms with Crippen molar-refractivity contribution in [2.45, 2.75) is 33.1 Å². The van der Waals surface area contributed by atoms with E-state index in [9.17, 15) is 4.79 Å². The lowest BCUT2D eigenvalue weighted by atomic mass is 9.52. The van der Waals surface area contributed by atoms with Crippen molar-refractivity contribution in [2.75, 3.05) is 6.54 Å². The fraction of sp³-hybridized carbons (Fsp3) is 0.750. The van der Waals surface area contributed by atoms with Crippen molar-refractivity contribution in [3.05, 3.63) is 11.1 Å². The zero-order valence-corrected chi connectivity index (χ0v) is 9.42. The van der Waals surface area contributed by atoms with E-state index in [0.29, 0.717) is 18.4 Å². The Morgan fingerprint density at radius 2 is 2.27 bits per heavy atom. The molecule has 1 saturated carbocycles. The molecule has 0 spiro atoms. The zero-order valence-electron chi connectivity index (χ0n) is 9.42. The van der Waals surface area contributed by atoms with Gasteiger partial charge in [-0.3, -0.25) is 4.79 Å². The van der Waals surface area contributed by atoms with Gasteiger partial charge in [-0.1, -0.05) is 11.1 Å². The number of hydrogen-bond donors (Lipinski definition) is 2. The summed E-state index contributed by atoms with van der Waals surface area (Å²) in [6.07, 6.45) is 2.38. The van der Waals surface area contributed by atoms with E-state index in [0.717, 1.165) is 12.8 Å². The molecule has 0 aliphatic heterocycles. The van der Waals surface area contributed by atoms with Gasteiger partial charge < -0.3 is 10.8 Å². The maximum Gasteiger partial charge on any atom is 0.303 e. The van der Waals surface area contributed by atoms with Crippen molar-refractivity contribution in [3.63, 3.8) is 0 Å². The number of nitrogens with two attached hydrogens (primary N) is 1. The molecule has 0 heterocycles. The second kappa shape index (κ2) is 3.34. The first-order valence-corrected chi connectivity index (χ1v) is 5.58. The van der Waals surface area contributed by atoms with Crippen LogP contribution >= 0.6 is 0 Å². The van der Waals surface area contributed by atoms with Gasteiger partial charge in [0.1, 0.15) is 0 Å². The van der Waals surface area contributed by atoms with Crippen LogP contribution in [0.2, 0.25) is 0 Å². The van der Waals surface area contributed by atoms with Crippen molar-refractivity contribution in [1.29, 1.82) is 0 Å². The third-order valence-corrected chi connectivity index (χ3v) is 4.42. The van der Waals surface area contributed by atoms with Crippen LogP contribution in [0, 0.1) is 17.3 Å². The molecule has 0 unspecified atom stereocenters. The maximum absolute atomic E-state index is 10.9. The molecule has 0 saturated heterocycles. The average Bonchev–Trinajstić information content (AvgIpc) is 2.35. The molecule has 0 radical (unpaired) electrons. The lowest BCUT2D eigenvalue weighted by molar-refractivity contribution is -0.144. The molecule has 3 N–H and O–H groups in total. The smallest absolute Gasteiger partial charge is 0.303 e. The fourth-order valence-electron chi connectivity index (χ4n) is 3.69. The molecular formula is C12H19NO2. The average molecular weight is 209 g/mol. The van der Waals surface area contributed by atoms with Gasteiger partial charge in [0.25, 0.3) is 0 Å². The highest BCUT2D eigenvalue weighted by Crippen LogP contribution is 2.62. The van der Waals surface area contributed by atoms with Gasteiger partial charge in [0.05, 0.1) is 6.42 Å². The molecule has 1 fully saturated rings. The quantitative estimate of drug-likeness (QED) is 0.696. The van der Waals surface area contributed by atoms with Crippen LogP contribution in [0.5, 0.6) is 0 Å². The third kappa shape index (κ3) is 1.41. The molecule has 2 aliphatic carbocycles. The number of rotatable bonds is 3. The Hall–Kier alpha value is -0.830. The van der Waals surface area contributed by atoms with Crippen molar-refractivity contribution < 1.29 is 9.90 Å². The summed E-state index contributed by atoms with van der Waals surface area (Å²) in [6, 6.07) is 0. The molecule has 0 aromatic heterocycles. The molecule has 2 rings (SSSR count). The summed E-state index contributed by atoms with van der Waals surface area (Å²) in [4.78, 5) is 10.9. The Morgan fingerprint density at radius 1 is 1.60 bits per heavy atom. The molecular weight excluding hydrogens is 190 g/mol. The zero-order chi connectivity index (χ0) is 11.2. The van der Waals surface area contributed by atoms with Crippen LogP contribution in [0.3, 0.4) is 0 Å². The lowest BCUT2D eigenvalue weighted by Gasteiger charge is -2.52. The summed E-state index contributed by atoms with van der Waals surface area (Å²) in [6.45, 7) is 4.81. The van der Waals surface area contributed by atoms with E-state index in [1.807, 2.05) is 0 Å². The molecule has 3 atom stereocenters. The van der Waals surface area contributed by atoms with E-state index >= 15 is 0 Å². The number of fused-ring (bicyclic) bond motifs is 1. The van der Waals surface area contributed by atoms with Gasteiger partial charge >= 0.3 is 5.97 Å². The number of aliphatic carboxylic acids is 1. The lowest BCUT2D eigenvalue weighted by Crippen LogP contribution is -2.52. The Labute approximate surface area is 90.3 Å². The normalized spacial score (nSPS) is 38.9. The van der Waals surface area contributed by atoms with E-state index in [1.54, 1.807) is 0 Å². The maximum atomic E-state index is 10.9. The van der Waals surface area contributed by atoms with Gasteiger partial charge in [-0.15, -0.1) is 0 Å². The van der Waals surface area contributed by atoms with E-state index in [1.165, 1.54) is 11.1 Å². The molecule has 0 amide bonds. The number of carbonyl (C=O) groups is 1. The van der Waals surface area contributed by atoms with Crippen molar-refractivity contribution in [3.8, 4) is 0 Å². The Bertz CT molecular complexity index is 335. The minimum Gasteiger partial charge on any atom is -0.481 e. The van der Waals surface area contributed by atoms with Crippen LogP contribution < -0.4 is 5.73 Å². The van der Waals surface area contributed by atoms with Crippen LogP contribution in [0.1, 0.15) is 33.1 Å². The predicted molar refractivity (Wildman–Crippen MR) is 58.3 cm³/mol. The molecule has 15 heavy (non-hydrogen) atoms. The summed E-state index contributed by atoms with van der Waals surface area (Å²) >= 11 is 0. The van der Waals surface area contributed by atoms with E-state index in [4.69, 9.17) is 10.8 Å². The monoisotopic (exact) mass is 209 g/mol. The Morgan fingerprint density at radius 3 is 2.73 bits per heavy atom. The summed E-state index contributed by atoms with van der Waals surface area (Å²) in [5.74, 6) is 0.405. The van der Waals surface area contributed by atoms with E-state index < -0.39 is 5.97 Å². The highest BCUT2D eigenvalue weighted by molar-refractivity contribution is 5.68.